The quantitative estimate of drug-likeness (QED) is 0.518. The number of hydrogen-bond acceptors (Lipinski definition) is 4. The molecule has 0 aliphatic carbocycles. The fourth-order valence-electron chi connectivity index (χ4n) is 2.57. The maximum absolute atomic E-state index is 12.7. The van der Waals surface area contributed by atoms with Crippen molar-refractivity contribution in [2.45, 2.75) is 0 Å². The molecule has 8 heteroatoms. The number of H-pyrrole nitrogens is 1. The van der Waals surface area contributed by atoms with Gasteiger partial charge in [-0.25, -0.2) is 9.97 Å². The van der Waals surface area contributed by atoms with E-state index < -0.39 is 0 Å². The Bertz CT molecular complexity index is 1110. The molecule has 0 spiro atoms. The Labute approximate surface area is 139 Å². The predicted octanol–water partition coefficient (Wildman–Crippen LogP) is 3.13. The highest BCUT2D eigenvalue weighted by Crippen LogP contribution is 2.30. The fraction of sp³-hybridized carbons (Fsp3) is 0. The number of fused-ring (bicyclic) bond motifs is 2. The summed E-state index contributed by atoms with van der Waals surface area (Å²) in [5.74, 6) is 0.310. The first kappa shape index (κ1) is 14.0. The first-order chi connectivity index (χ1) is 11.1. The van der Waals surface area contributed by atoms with E-state index in [0.717, 1.165) is 0 Å². The molecule has 23 heavy (non-hydrogen) atoms. The normalized spacial score (nSPS) is 11.4. The van der Waals surface area contributed by atoms with E-state index >= 15 is 0 Å². The minimum absolute atomic E-state index is 0.310. The highest BCUT2D eigenvalue weighted by Gasteiger charge is 2.17. The van der Waals surface area contributed by atoms with Crippen molar-refractivity contribution in [3.05, 3.63) is 57.1 Å². The molecular formula is C15H9Cl2N5O. The zero-order chi connectivity index (χ0) is 16.1. The van der Waals surface area contributed by atoms with Crippen LogP contribution in [0.15, 0.2) is 41.3 Å². The summed E-state index contributed by atoms with van der Waals surface area (Å²) >= 11 is 11.9. The van der Waals surface area contributed by atoms with Gasteiger partial charge in [-0.1, -0.05) is 29.3 Å². The summed E-state index contributed by atoms with van der Waals surface area (Å²) in [5, 5.41) is 3.88. The van der Waals surface area contributed by atoms with Gasteiger partial charge in [0.25, 0.3) is 5.56 Å². The van der Waals surface area contributed by atoms with Gasteiger partial charge in [-0.15, -0.1) is 0 Å². The van der Waals surface area contributed by atoms with E-state index in [-0.39, 0.29) is 5.56 Å². The lowest BCUT2D eigenvalue weighted by molar-refractivity contribution is 0.921. The van der Waals surface area contributed by atoms with E-state index in [1.54, 1.807) is 36.5 Å². The number of halogens is 2. The summed E-state index contributed by atoms with van der Waals surface area (Å²) in [6, 6.07) is 8.54. The van der Waals surface area contributed by atoms with Crippen LogP contribution >= 0.6 is 23.2 Å². The van der Waals surface area contributed by atoms with Gasteiger partial charge in [0.15, 0.2) is 5.65 Å². The number of aromatic nitrogens is 4. The lowest BCUT2D eigenvalue weighted by Gasteiger charge is -2.02. The van der Waals surface area contributed by atoms with Crippen molar-refractivity contribution in [2.75, 3.05) is 5.73 Å². The van der Waals surface area contributed by atoms with Crippen LogP contribution in [0.4, 0.5) is 5.82 Å². The van der Waals surface area contributed by atoms with Gasteiger partial charge in [0.2, 0.25) is 0 Å². The van der Waals surface area contributed by atoms with E-state index in [2.05, 4.69) is 15.1 Å². The molecule has 0 saturated heterocycles. The molecule has 0 unspecified atom stereocenters. The van der Waals surface area contributed by atoms with E-state index in [1.807, 2.05) is 0 Å². The van der Waals surface area contributed by atoms with Crippen molar-refractivity contribution < 1.29 is 0 Å². The maximum Gasteiger partial charge on any atom is 0.282 e. The first-order valence-electron chi connectivity index (χ1n) is 6.66. The van der Waals surface area contributed by atoms with E-state index in [1.165, 1.54) is 4.52 Å². The number of pyridine rings is 1. The molecule has 0 saturated carbocycles. The highest BCUT2D eigenvalue weighted by molar-refractivity contribution is 6.35. The minimum atomic E-state index is -0.310. The molecule has 0 fully saturated rings. The van der Waals surface area contributed by atoms with Crippen LogP contribution in [0.2, 0.25) is 10.2 Å². The van der Waals surface area contributed by atoms with Crippen LogP contribution in [0.25, 0.3) is 27.7 Å². The average Bonchev–Trinajstić information content (AvgIpc) is 2.85. The molecule has 0 atom stereocenters. The standard InChI is InChI=1S/C15H9Cl2N5O/c16-8-2-1-3-9-12(8)15(23)22-14(20-9)11(13(18)21-22)7-4-5-10(17)19-6-7/h1-6,21H,18H2. The second-order valence-corrected chi connectivity index (χ2v) is 5.77. The maximum atomic E-state index is 12.7. The number of benzene rings is 1. The number of nitrogens with two attached hydrogens (primary N) is 1. The molecule has 3 heterocycles. The number of aromatic amines is 1. The Kier molecular flexibility index (Phi) is 3.04. The summed E-state index contributed by atoms with van der Waals surface area (Å²) in [6.07, 6.45) is 1.58. The van der Waals surface area contributed by atoms with Gasteiger partial charge in [-0.2, -0.15) is 4.52 Å². The summed E-state index contributed by atoms with van der Waals surface area (Å²) < 4.78 is 1.29. The Morgan fingerprint density at radius 3 is 2.74 bits per heavy atom. The number of nitrogens with zero attached hydrogens (tertiary/aromatic N) is 3. The van der Waals surface area contributed by atoms with Crippen molar-refractivity contribution >= 4 is 45.6 Å². The molecule has 3 aromatic heterocycles. The number of hydrogen-bond donors (Lipinski definition) is 2. The molecule has 4 aromatic rings. The molecule has 114 valence electrons. The van der Waals surface area contributed by atoms with Gasteiger partial charge in [-0.3, -0.25) is 9.89 Å². The van der Waals surface area contributed by atoms with Gasteiger partial charge < -0.3 is 5.73 Å². The Balaban J connectivity index is 2.15. The van der Waals surface area contributed by atoms with E-state index in [9.17, 15) is 4.79 Å². The van der Waals surface area contributed by atoms with Crippen molar-refractivity contribution in [1.29, 1.82) is 0 Å². The van der Waals surface area contributed by atoms with Crippen LogP contribution < -0.4 is 11.3 Å². The first-order valence-corrected chi connectivity index (χ1v) is 7.42. The molecule has 4 rings (SSSR count). The molecular weight excluding hydrogens is 337 g/mol. The highest BCUT2D eigenvalue weighted by atomic mass is 35.5. The van der Waals surface area contributed by atoms with Crippen LogP contribution in [-0.4, -0.2) is 19.6 Å². The lowest BCUT2D eigenvalue weighted by Crippen LogP contribution is -2.15. The van der Waals surface area contributed by atoms with Crippen LogP contribution in [0.5, 0.6) is 0 Å². The smallest absolute Gasteiger partial charge is 0.282 e. The van der Waals surface area contributed by atoms with Crippen LogP contribution in [0.1, 0.15) is 0 Å². The second-order valence-electron chi connectivity index (χ2n) is 4.98. The lowest BCUT2D eigenvalue weighted by atomic mass is 10.1. The number of nitrogens with one attached hydrogen (secondary N) is 1. The van der Waals surface area contributed by atoms with Gasteiger partial charge in [0.05, 0.1) is 21.5 Å². The summed E-state index contributed by atoms with van der Waals surface area (Å²) in [4.78, 5) is 21.2. The van der Waals surface area contributed by atoms with Gasteiger partial charge in [0, 0.05) is 11.8 Å². The topological polar surface area (TPSA) is 89.1 Å². The second kappa shape index (κ2) is 4.97. The van der Waals surface area contributed by atoms with Crippen LogP contribution in [-0.2, 0) is 0 Å². The largest absolute Gasteiger partial charge is 0.384 e. The molecule has 0 radical (unpaired) electrons. The van der Waals surface area contributed by atoms with Crippen molar-refractivity contribution in [2.24, 2.45) is 0 Å². The average molecular weight is 346 g/mol. The van der Waals surface area contributed by atoms with Crippen molar-refractivity contribution in [3.63, 3.8) is 0 Å². The van der Waals surface area contributed by atoms with Gasteiger partial charge in [-0.05, 0) is 24.3 Å². The third-order valence-corrected chi connectivity index (χ3v) is 4.13. The van der Waals surface area contributed by atoms with Crippen LogP contribution in [0.3, 0.4) is 0 Å². The monoisotopic (exact) mass is 345 g/mol. The van der Waals surface area contributed by atoms with E-state index in [0.29, 0.717) is 43.7 Å². The third kappa shape index (κ3) is 2.07. The SMILES string of the molecule is Nc1[nH]n2c(=O)c3c(Cl)cccc3nc2c1-c1ccc(Cl)nc1. The van der Waals surface area contributed by atoms with Crippen LogP contribution in [0, 0.1) is 0 Å². The minimum Gasteiger partial charge on any atom is -0.384 e. The number of nitrogen functional groups attached to an aromatic ring is 1. The molecule has 3 N–H and O–H groups in total. The summed E-state index contributed by atoms with van der Waals surface area (Å²) in [5.41, 5.74) is 7.95. The zero-order valence-electron chi connectivity index (χ0n) is 11.5. The molecule has 6 nitrogen and oxygen atoms in total. The number of anilines is 1. The number of rotatable bonds is 1. The Morgan fingerprint density at radius 2 is 2.00 bits per heavy atom. The molecule has 0 aliphatic rings. The zero-order valence-corrected chi connectivity index (χ0v) is 13.1. The molecule has 0 bridgehead atoms. The predicted molar refractivity (Wildman–Crippen MR) is 91.0 cm³/mol. The molecule has 1 aromatic carbocycles. The van der Waals surface area contributed by atoms with E-state index in [4.69, 9.17) is 28.9 Å². The summed E-state index contributed by atoms with van der Waals surface area (Å²) in [6.45, 7) is 0. The van der Waals surface area contributed by atoms with Crippen molar-refractivity contribution in [3.8, 4) is 11.1 Å². The van der Waals surface area contributed by atoms with Crippen molar-refractivity contribution in [1.82, 2.24) is 19.6 Å². The van der Waals surface area contributed by atoms with Gasteiger partial charge >= 0.3 is 0 Å². The Morgan fingerprint density at radius 1 is 1.17 bits per heavy atom. The molecule has 0 amide bonds. The summed E-state index contributed by atoms with van der Waals surface area (Å²) in [7, 11) is 0. The van der Waals surface area contributed by atoms with Gasteiger partial charge in [0.1, 0.15) is 11.0 Å². The Hall–Kier alpha value is -2.57. The molecule has 0 aliphatic heterocycles. The fourth-order valence-corrected chi connectivity index (χ4v) is 2.93. The third-order valence-electron chi connectivity index (χ3n) is 3.59.